The molecule has 0 bridgehead atoms. The average molecular weight is 410 g/mol. The molecule has 1 aromatic rings. The quantitative estimate of drug-likeness (QED) is 0.341. The van der Waals surface area contributed by atoms with E-state index in [-0.39, 0.29) is 0 Å². The molecule has 1 aromatic carbocycles. The number of likely N-dealkylation sites (tertiary alicyclic amines) is 1. The molecule has 0 saturated carbocycles. The van der Waals surface area contributed by atoms with Gasteiger partial charge in [-0.05, 0) is 25.5 Å². The predicted molar refractivity (Wildman–Crippen MR) is 113 cm³/mol. The summed E-state index contributed by atoms with van der Waals surface area (Å²) in [6, 6.07) is 3.84. The minimum absolute atomic E-state index is 0.483. The third-order valence-corrected chi connectivity index (χ3v) is 4.89. The number of nitrogens with zero attached hydrogens (tertiary/aromatic N) is 2. The van der Waals surface area contributed by atoms with Crippen LogP contribution >= 0.6 is 0 Å². The van der Waals surface area contributed by atoms with E-state index in [0.29, 0.717) is 42.9 Å². The Morgan fingerprint density at radius 3 is 2.55 bits per heavy atom. The number of methoxy groups -OCH3 is 4. The molecule has 1 N–H and O–H groups in total. The van der Waals surface area contributed by atoms with Gasteiger partial charge in [0.05, 0.1) is 47.7 Å². The molecule has 164 valence electrons. The Labute approximate surface area is 174 Å². The van der Waals surface area contributed by atoms with Crippen molar-refractivity contribution < 1.29 is 23.7 Å². The summed E-state index contributed by atoms with van der Waals surface area (Å²) in [6.07, 6.45) is 1.09. The second kappa shape index (κ2) is 12.4. The minimum atomic E-state index is 0.483. The number of guanidine groups is 1. The van der Waals surface area contributed by atoms with Crippen molar-refractivity contribution in [2.75, 3.05) is 67.9 Å². The van der Waals surface area contributed by atoms with Gasteiger partial charge in [-0.2, -0.15) is 0 Å². The van der Waals surface area contributed by atoms with Crippen LogP contribution in [0.25, 0.3) is 0 Å². The van der Waals surface area contributed by atoms with Crippen molar-refractivity contribution in [2.24, 2.45) is 10.9 Å². The van der Waals surface area contributed by atoms with Crippen molar-refractivity contribution >= 4 is 5.96 Å². The first-order chi connectivity index (χ1) is 14.2. The van der Waals surface area contributed by atoms with Crippen LogP contribution in [0.3, 0.4) is 0 Å². The molecule has 29 heavy (non-hydrogen) atoms. The molecule has 8 heteroatoms. The van der Waals surface area contributed by atoms with E-state index in [0.717, 1.165) is 44.2 Å². The Bertz CT molecular complexity index is 653. The van der Waals surface area contributed by atoms with Gasteiger partial charge in [-0.15, -0.1) is 0 Å². The maximum Gasteiger partial charge on any atom is 0.203 e. The van der Waals surface area contributed by atoms with Gasteiger partial charge in [-0.3, -0.25) is 0 Å². The number of ether oxygens (including phenoxy) is 5. The summed E-state index contributed by atoms with van der Waals surface area (Å²) in [6.45, 7) is 7.30. The fourth-order valence-corrected chi connectivity index (χ4v) is 3.43. The average Bonchev–Trinajstić information content (AvgIpc) is 3.22. The SMILES string of the molecule is CCNC(=NCc1ccc(OC)c(OC)c1OC)N1CCC(COCCOC)C1. The smallest absolute Gasteiger partial charge is 0.203 e. The minimum Gasteiger partial charge on any atom is -0.493 e. The summed E-state index contributed by atoms with van der Waals surface area (Å²) in [7, 11) is 6.54. The highest BCUT2D eigenvalue weighted by Gasteiger charge is 2.25. The van der Waals surface area contributed by atoms with Crippen LogP contribution in [0.2, 0.25) is 0 Å². The highest BCUT2D eigenvalue weighted by molar-refractivity contribution is 5.80. The van der Waals surface area contributed by atoms with E-state index in [1.807, 2.05) is 12.1 Å². The maximum absolute atomic E-state index is 5.70. The van der Waals surface area contributed by atoms with Gasteiger partial charge in [0.2, 0.25) is 5.75 Å². The normalized spacial score (nSPS) is 16.8. The van der Waals surface area contributed by atoms with Gasteiger partial charge in [0.25, 0.3) is 0 Å². The lowest BCUT2D eigenvalue weighted by atomic mass is 10.1. The van der Waals surface area contributed by atoms with E-state index >= 15 is 0 Å². The number of benzene rings is 1. The van der Waals surface area contributed by atoms with E-state index < -0.39 is 0 Å². The molecular formula is C21H35N3O5. The lowest BCUT2D eigenvalue weighted by molar-refractivity contribution is 0.0536. The molecule has 0 aromatic heterocycles. The second-order valence-electron chi connectivity index (χ2n) is 6.83. The largest absolute Gasteiger partial charge is 0.493 e. The fourth-order valence-electron chi connectivity index (χ4n) is 3.43. The van der Waals surface area contributed by atoms with Crippen LogP contribution in [-0.4, -0.2) is 78.8 Å². The summed E-state index contributed by atoms with van der Waals surface area (Å²) >= 11 is 0. The van der Waals surface area contributed by atoms with Crippen LogP contribution < -0.4 is 19.5 Å². The number of aliphatic imine (C=N–C) groups is 1. The Morgan fingerprint density at radius 2 is 1.90 bits per heavy atom. The highest BCUT2D eigenvalue weighted by atomic mass is 16.5. The number of hydrogen-bond acceptors (Lipinski definition) is 6. The number of rotatable bonds is 11. The fraction of sp³-hybridized carbons (Fsp3) is 0.667. The van der Waals surface area contributed by atoms with Crippen LogP contribution in [-0.2, 0) is 16.0 Å². The third kappa shape index (κ3) is 6.40. The van der Waals surface area contributed by atoms with Gasteiger partial charge < -0.3 is 33.9 Å². The molecule has 0 aliphatic carbocycles. The summed E-state index contributed by atoms with van der Waals surface area (Å²) in [4.78, 5) is 7.14. The Kier molecular flexibility index (Phi) is 9.87. The molecule has 1 atom stereocenters. The van der Waals surface area contributed by atoms with Crippen molar-refractivity contribution in [3.63, 3.8) is 0 Å². The van der Waals surface area contributed by atoms with Crippen LogP contribution in [0, 0.1) is 5.92 Å². The lowest BCUT2D eigenvalue weighted by Gasteiger charge is -2.22. The van der Waals surface area contributed by atoms with Gasteiger partial charge in [-0.1, -0.05) is 0 Å². The molecule has 0 radical (unpaired) electrons. The summed E-state index contributed by atoms with van der Waals surface area (Å²) < 4.78 is 27.1. The molecule has 1 unspecified atom stereocenters. The molecule has 0 spiro atoms. The number of nitrogens with one attached hydrogen (secondary N) is 1. The van der Waals surface area contributed by atoms with E-state index in [9.17, 15) is 0 Å². The Hall–Kier alpha value is -2.19. The van der Waals surface area contributed by atoms with Crippen molar-refractivity contribution in [1.82, 2.24) is 10.2 Å². The zero-order chi connectivity index (χ0) is 21.1. The van der Waals surface area contributed by atoms with Gasteiger partial charge in [0.15, 0.2) is 17.5 Å². The van der Waals surface area contributed by atoms with E-state index in [4.69, 9.17) is 28.7 Å². The molecule has 1 aliphatic rings. The first-order valence-electron chi connectivity index (χ1n) is 10.1. The van der Waals surface area contributed by atoms with Crippen molar-refractivity contribution in [3.05, 3.63) is 17.7 Å². The zero-order valence-corrected chi connectivity index (χ0v) is 18.3. The molecule has 1 heterocycles. The summed E-state index contributed by atoms with van der Waals surface area (Å²) in [5, 5.41) is 3.40. The summed E-state index contributed by atoms with van der Waals surface area (Å²) in [5.41, 5.74) is 0.944. The van der Waals surface area contributed by atoms with Crippen molar-refractivity contribution in [2.45, 2.75) is 19.9 Å². The van der Waals surface area contributed by atoms with Crippen LogP contribution in [0.1, 0.15) is 18.9 Å². The third-order valence-electron chi connectivity index (χ3n) is 4.89. The molecule has 2 rings (SSSR count). The molecule has 1 fully saturated rings. The monoisotopic (exact) mass is 409 g/mol. The second-order valence-corrected chi connectivity index (χ2v) is 6.83. The molecule has 1 saturated heterocycles. The predicted octanol–water partition coefficient (Wildman–Crippen LogP) is 2.16. The van der Waals surface area contributed by atoms with E-state index in [2.05, 4.69) is 17.1 Å². The van der Waals surface area contributed by atoms with Gasteiger partial charge in [0.1, 0.15) is 0 Å². The van der Waals surface area contributed by atoms with E-state index in [1.54, 1.807) is 28.4 Å². The van der Waals surface area contributed by atoms with Crippen molar-refractivity contribution in [1.29, 1.82) is 0 Å². The number of hydrogen-bond donors (Lipinski definition) is 1. The van der Waals surface area contributed by atoms with Gasteiger partial charge in [-0.25, -0.2) is 4.99 Å². The van der Waals surface area contributed by atoms with Gasteiger partial charge in [0, 0.05) is 38.2 Å². The van der Waals surface area contributed by atoms with Crippen LogP contribution in [0.5, 0.6) is 17.2 Å². The van der Waals surface area contributed by atoms with Crippen molar-refractivity contribution in [3.8, 4) is 17.2 Å². The standard InChI is InChI=1S/C21H35N3O5/c1-6-22-21(24-10-9-16(14-24)15-29-12-11-25-2)23-13-17-7-8-18(26-3)20(28-5)19(17)27-4/h7-8,16H,6,9-15H2,1-5H3,(H,22,23). The first kappa shape index (κ1) is 23.1. The Morgan fingerprint density at radius 1 is 1.10 bits per heavy atom. The molecule has 0 amide bonds. The zero-order valence-electron chi connectivity index (χ0n) is 18.3. The van der Waals surface area contributed by atoms with E-state index in [1.165, 1.54) is 0 Å². The maximum atomic E-state index is 5.70. The highest BCUT2D eigenvalue weighted by Crippen LogP contribution is 2.40. The molecule has 1 aliphatic heterocycles. The van der Waals surface area contributed by atoms with Crippen LogP contribution in [0.15, 0.2) is 17.1 Å². The molecule has 8 nitrogen and oxygen atoms in total. The van der Waals surface area contributed by atoms with Gasteiger partial charge >= 0.3 is 0 Å². The Balaban J connectivity index is 2.06. The first-order valence-corrected chi connectivity index (χ1v) is 10.1. The molecular weight excluding hydrogens is 374 g/mol. The topological polar surface area (TPSA) is 73.8 Å². The summed E-state index contributed by atoms with van der Waals surface area (Å²) in [5.74, 6) is 3.29. The lowest BCUT2D eigenvalue weighted by Crippen LogP contribution is -2.40. The van der Waals surface area contributed by atoms with Crippen LogP contribution in [0.4, 0.5) is 0 Å².